The van der Waals surface area contributed by atoms with Crippen LogP contribution in [0, 0.1) is 13.8 Å². The zero-order valence-corrected chi connectivity index (χ0v) is 29.8. The molecule has 0 fully saturated rings. The van der Waals surface area contributed by atoms with Gasteiger partial charge in [0.1, 0.15) is 11.5 Å². The number of aromatic hydroxyl groups is 1. The van der Waals surface area contributed by atoms with E-state index in [0.29, 0.717) is 24.3 Å². The van der Waals surface area contributed by atoms with Gasteiger partial charge in [-0.05, 0) is 73.5 Å². The van der Waals surface area contributed by atoms with Crippen molar-refractivity contribution in [1.82, 2.24) is 0 Å². The van der Waals surface area contributed by atoms with E-state index in [0.717, 1.165) is 59.1 Å². The van der Waals surface area contributed by atoms with Gasteiger partial charge in [0.25, 0.3) is 0 Å². The van der Waals surface area contributed by atoms with E-state index in [1.807, 2.05) is 0 Å². The minimum absolute atomic E-state index is 0.165. The molecule has 0 amide bonds. The van der Waals surface area contributed by atoms with Crippen molar-refractivity contribution in [3.05, 3.63) is 69.8 Å². The van der Waals surface area contributed by atoms with Crippen LogP contribution in [0.1, 0.15) is 172 Å². The van der Waals surface area contributed by atoms with Crippen molar-refractivity contribution in [3.63, 3.8) is 0 Å². The normalized spacial score (nSPS) is 12.3. The summed E-state index contributed by atoms with van der Waals surface area (Å²) in [4.78, 5) is 13.1. The van der Waals surface area contributed by atoms with Crippen molar-refractivity contribution >= 4 is 5.97 Å². The number of phenolic OH excluding ortho intramolecular Hbond substituents is 1. The summed E-state index contributed by atoms with van der Waals surface area (Å²) in [5.41, 5.74) is 5.69. The second-order valence-electron chi connectivity index (χ2n) is 15.1. The largest absolute Gasteiger partial charge is 0.507 e. The first-order valence-corrected chi connectivity index (χ1v) is 17.6. The Morgan fingerprint density at radius 2 is 1.16 bits per heavy atom. The molecule has 0 unspecified atom stereocenters. The number of hydrogen-bond acceptors (Lipinski definition) is 3. The number of carbonyl (C=O) groups excluding carboxylic acids is 1. The van der Waals surface area contributed by atoms with Crippen LogP contribution in [-0.4, -0.2) is 11.1 Å². The minimum Gasteiger partial charge on any atom is -0.507 e. The summed E-state index contributed by atoms with van der Waals surface area (Å²) in [6.45, 7) is 19.3. The maximum absolute atomic E-state index is 13.1. The van der Waals surface area contributed by atoms with E-state index in [2.05, 4.69) is 98.7 Å². The van der Waals surface area contributed by atoms with E-state index >= 15 is 0 Å². The number of ether oxygens (including phenoxy) is 1. The van der Waals surface area contributed by atoms with Crippen LogP contribution in [0.3, 0.4) is 0 Å². The second-order valence-corrected chi connectivity index (χ2v) is 15.1. The lowest BCUT2D eigenvalue weighted by molar-refractivity contribution is -0.134. The predicted molar refractivity (Wildman–Crippen MR) is 189 cm³/mol. The molecule has 2 rings (SSSR count). The molecule has 3 heteroatoms. The lowest BCUT2D eigenvalue weighted by atomic mass is 9.81. The summed E-state index contributed by atoms with van der Waals surface area (Å²) >= 11 is 0. The Morgan fingerprint density at radius 1 is 0.682 bits per heavy atom. The molecule has 0 aliphatic carbocycles. The van der Waals surface area contributed by atoms with Crippen LogP contribution in [0.15, 0.2) is 36.4 Å². The maximum atomic E-state index is 13.1. The van der Waals surface area contributed by atoms with Gasteiger partial charge >= 0.3 is 5.97 Å². The van der Waals surface area contributed by atoms with Gasteiger partial charge in [-0.3, -0.25) is 4.79 Å². The molecule has 0 heterocycles. The molecule has 0 bridgehead atoms. The molecule has 0 atom stereocenters. The fraction of sp³-hybridized carbons (Fsp3) is 0.634. The molecule has 44 heavy (non-hydrogen) atoms. The van der Waals surface area contributed by atoms with Crippen LogP contribution < -0.4 is 4.74 Å². The Labute approximate surface area is 270 Å². The number of carbonyl (C=O) groups is 1. The molecule has 1 N–H and O–H groups in total. The molecular weight excluding hydrogens is 540 g/mol. The molecule has 0 saturated carbocycles. The number of esters is 1. The van der Waals surface area contributed by atoms with Crippen LogP contribution in [0.2, 0.25) is 0 Å². The van der Waals surface area contributed by atoms with Crippen LogP contribution in [0.5, 0.6) is 11.5 Å². The fourth-order valence-electron chi connectivity index (χ4n) is 5.93. The molecule has 246 valence electrons. The number of allylic oxidation sites excluding steroid dienone is 2. The Hall–Kier alpha value is -2.55. The van der Waals surface area contributed by atoms with Gasteiger partial charge in [-0.1, -0.05) is 147 Å². The smallest absolute Gasteiger partial charge is 0.311 e. The van der Waals surface area contributed by atoms with E-state index in [-0.39, 0.29) is 16.8 Å². The van der Waals surface area contributed by atoms with Crippen molar-refractivity contribution in [2.24, 2.45) is 0 Å². The molecule has 2 aromatic carbocycles. The summed E-state index contributed by atoms with van der Waals surface area (Å²) < 4.78 is 6.19. The first-order valence-electron chi connectivity index (χ1n) is 17.6. The number of unbranched alkanes of at least 4 members (excludes halogenated alkanes) is 11. The van der Waals surface area contributed by atoms with E-state index in [1.165, 1.54) is 57.8 Å². The number of phenols is 1. The molecule has 0 saturated heterocycles. The third-order valence-corrected chi connectivity index (χ3v) is 8.50. The molecule has 0 radical (unpaired) electrons. The quantitative estimate of drug-likeness (QED) is 0.0797. The second kappa shape index (κ2) is 18.4. The lowest BCUT2D eigenvalue weighted by Gasteiger charge is -2.26. The highest BCUT2D eigenvalue weighted by Crippen LogP contribution is 2.40. The highest BCUT2D eigenvalue weighted by atomic mass is 16.5. The fourth-order valence-corrected chi connectivity index (χ4v) is 5.93. The van der Waals surface area contributed by atoms with Crippen molar-refractivity contribution in [2.45, 2.75) is 169 Å². The summed E-state index contributed by atoms with van der Waals surface area (Å²) in [6.07, 6.45) is 21.7. The van der Waals surface area contributed by atoms with Crippen LogP contribution >= 0.6 is 0 Å². The van der Waals surface area contributed by atoms with Gasteiger partial charge in [-0.15, -0.1) is 0 Å². The zero-order valence-electron chi connectivity index (χ0n) is 29.8. The summed E-state index contributed by atoms with van der Waals surface area (Å²) in [6, 6.07) is 8.38. The monoisotopic (exact) mass is 604 g/mol. The summed E-state index contributed by atoms with van der Waals surface area (Å²) in [5, 5.41) is 11.3. The molecule has 2 aromatic rings. The standard InChI is InChI=1S/C41H64O3/c1-10-11-12-13-14-15-16-17-18-19-20-21-22-23-24-25-37(42)44-39-34(27-32(3)29-36(39)41(7,8)9)30-33-26-31(2)28-35(38(33)43)40(4,5)6/h17-18,26-29,43H,10-16,19-25,30H2,1-9H3. The van der Waals surface area contributed by atoms with Gasteiger partial charge in [0, 0.05) is 18.4 Å². The molecule has 0 spiro atoms. The lowest BCUT2D eigenvalue weighted by Crippen LogP contribution is -2.18. The Kier molecular flexibility index (Phi) is 15.8. The van der Waals surface area contributed by atoms with Gasteiger partial charge in [0.2, 0.25) is 0 Å². The summed E-state index contributed by atoms with van der Waals surface area (Å²) in [5.74, 6) is 0.841. The van der Waals surface area contributed by atoms with Crippen molar-refractivity contribution < 1.29 is 14.6 Å². The molecular formula is C41H64O3. The van der Waals surface area contributed by atoms with Gasteiger partial charge in [-0.25, -0.2) is 0 Å². The SMILES string of the molecule is CCCCCCCCC=CCCCCCCCC(=O)Oc1c(Cc2cc(C)cc(C(C)(C)C)c2O)cc(C)cc1C(C)(C)C. The third kappa shape index (κ3) is 13.2. The molecule has 0 aliphatic rings. The third-order valence-electron chi connectivity index (χ3n) is 8.50. The van der Waals surface area contributed by atoms with Crippen molar-refractivity contribution in [2.75, 3.05) is 0 Å². The highest BCUT2D eigenvalue weighted by Gasteiger charge is 2.26. The van der Waals surface area contributed by atoms with Crippen LogP contribution in [-0.2, 0) is 22.0 Å². The average Bonchev–Trinajstić information content (AvgIpc) is 2.92. The van der Waals surface area contributed by atoms with E-state index in [9.17, 15) is 9.90 Å². The van der Waals surface area contributed by atoms with Gasteiger partial charge < -0.3 is 9.84 Å². The highest BCUT2D eigenvalue weighted by molar-refractivity contribution is 5.74. The minimum atomic E-state index is -0.190. The van der Waals surface area contributed by atoms with E-state index in [4.69, 9.17) is 4.74 Å². The van der Waals surface area contributed by atoms with Gasteiger partial charge in [0.05, 0.1) is 0 Å². The molecule has 3 nitrogen and oxygen atoms in total. The zero-order chi connectivity index (χ0) is 32.8. The first-order chi connectivity index (χ1) is 20.7. The van der Waals surface area contributed by atoms with Crippen LogP contribution in [0.4, 0.5) is 0 Å². The number of aryl methyl sites for hydroxylation is 2. The van der Waals surface area contributed by atoms with Gasteiger partial charge in [-0.2, -0.15) is 0 Å². The van der Waals surface area contributed by atoms with Gasteiger partial charge in [0.15, 0.2) is 0 Å². The Balaban J connectivity index is 1.94. The number of rotatable bonds is 18. The van der Waals surface area contributed by atoms with E-state index < -0.39 is 0 Å². The average molecular weight is 605 g/mol. The van der Waals surface area contributed by atoms with Crippen molar-refractivity contribution in [3.8, 4) is 11.5 Å². The maximum Gasteiger partial charge on any atom is 0.311 e. The molecule has 0 aromatic heterocycles. The topological polar surface area (TPSA) is 46.5 Å². The van der Waals surface area contributed by atoms with E-state index in [1.54, 1.807) is 0 Å². The first kappa shape index (κ1) is 37.6. The molecule has 0 aliphatic heterocycles. The Bertz CT molecular complexity index is 1190. The summed E-state index contributed by atoms with van der Waals surface area (Å²) in [7, 11) is 0. The Morgan fingerprint density at radius 3 is 1.70 bits per heavy atom. The van der Waals surface area contributed by atoms with Crippen molar-refractivity contribution in [1.29, 1.82) is 0 Å². The van der Waals surface area contributed by atoms with Crippen LogP contribution in [0.25, 0.3) is 0 Å². The predicted octanol–water partition coefficient (Wildman–Crippen LogP) is 12.1. The number of benzene rings is 2. The number of hydrogen-bond donors (Lipinski definition) is 1.